The van der Waals surface area contributed by atoms with Crippen molar-refractivity contribution in [3.05, 3.63) is 47.5 Å². The quantitative estimate of drug-likeness (QED) is 0.656. The van der Waals surface area contributed by atoms with Crippen molar-refractivity contribution >= 4 is 5.97 Å². The molecular weight excluding hydrogens is 324 g/mol. The lowest BCUT2D eigenvalue weighted by atomic mass is 9.85. The van der Waals surface area contributed by atoms with Gasteiger partial charge in [-0.1, -0.05) is 12.1 Å². The highest BCUT2D eigenvalue weighted by Crippen LogP contribution is 2.36. The molecule has 6 nitrogen and oxygen atoms in total. The van der Waals surface area contributed by atoms with E-state index >= 15 is 0 Å². The first-order valence-corrected chi connectivity index (χ1v) is 8.16. The van der Waals surface area contributed by atoms with Crippen LogP contribution in [0.5, 0.6) is 23.0 Å². The van der Waals surface area contributed by atoms with Crippen LogP contribution in [-0.4, -0.2) is 29.6 Å². The van der Waals surface area contributed by atoms with E-state index in [0.29, 0.717) is 19.4 Å². The van der Waals surface area contributed by atoms with Gasteiger partial charge >= 0.3 is 5.97 Å². The first kappa shape index (κ1) is 15.6. The number of benzene rings is 2. The molecule has 2 aliphatic heterocycles. The second kappa shape index (κ2) is 6.20. The number of phenolic OH excluding ortho intramolecular Hbond substituents is 2. The lowest BCUT2D eigenvalue weighted by Crippen LogP contribution is -2.20. The molecule has 2 atom stereocenters. The lowest BCUT2D eigenvalue weighted by molar-refractivity contribution is -0.141. The monoisotopic (exact) mass is 342 g/mol. The van der Waals surface area contributed by atoms with Gasteiger partial charge in [-0.2, -0.15) is 0 Å². The van der Waals surface area contributed by atoms with Crippen molar-refractivity contribution in [3.8, 4) is 23.0 Å². The van der Waals surface area contributed by atoms with E-state index in [4.69, 9.17) is 14.2 Å². The maximum absolute atomic E-state index is 12.1. The highest BCUT2D eigenvalue weighted by molar-refractivity contribution is 5.75. The Labute approximate surface area is 144 Å². The molecule has 2 aromatic carbocycles. The zero-order valence-corrected chi connectivity index (χ0v) is 13.5. The van der Waals surface area contributed by atoms with Crippen molar-refractivity contribution in [2.45, 2.75) is 12.8 Å². The second-order valence-corrected chi connectivity index (χ2v) is 6.42. The maximum atomic E-state index is 12.1. The number of rotatable bonds is 4. The molecule has 0 bridgehead atoms. The molecule has 1 fully saturated rings. The van der Waals surface area contributed by atoms with E-state index in [0.717, 1.165) is 22.6 Å². The second-order valence-electron chi connectivity index (χ2n) is 6.42. The molecule has 0 saturated carbocycles. The van der Waals surface area contributed by atoms with Gasteiger partial charge < -0.3 is 24.4 Å². The molecule has 2 aromatic rings. The highest BCUT2D eigenvalue weighted by Gasteiger charge is 2.37. The Kier molecular flexibility index (Phi) is 3.87. The van der Waals surface area contributed by atoms with E-state index in [1.807, 2.05) is 18.2 Å². The number of hydrogen-bond donors (Lipinski definition) is 2. The molecule has 6 heteroatoms. The Morgan fingerprint density at radius 1 is 0.880 bits per heavy atom. The molecule has 2 N–H and O–H groups in total. The summed E-state index contributed by atoms with van der Waals surface area (Å²) in [5, 5.41) is 19.1. The highest BCUT2D eigenvalue weighted by atomic mass is 16.7. The van der Waals surface area contributed by atoms with Crippen molar-refractivity contribution in [2.24, 2.45) is 11.8 Å². The van der Waals surface area contributed by atoms with Crippen molar-refractivity contribution in [1.82, 2.24) is 0 Å². The number of cyclic esters (lactones) is 1. The van der Waals surface area contributed by atoms with E-state index in [9.17, 15) is 15.0 Å². The van der Waals surface area contributed by atoms with E-state index in [-0.39, 0.29) is 36.1 Å². The zero-order valence-electron chi connectivity index (χ0n) is 13.5. The van der Waals surface area contributed by atoms with Crippen LogP contribution >= 0.6 is 0 Å². The van der Waals surface area contributed by atoms with Crippen LogP contribution in [0, 0.1) is 11.8 Å². The molecule has 0 unspecified atom stereocenters. The predicted molar refractivity (Wildman–Crippen MR) is 87.7 cm³/mol. The first-order valence-electron chi connectivity index (χ1n) is 8.16. The summed E-state index contributed by atoms with van der Waals surface area (Å²) in [5.41, 5.74) is 1.85. The third-order valence-electron chi connectivity index (χ3n) is 4.74. The minimum atomic E-state index is -0.283. The van der Waals surface area contributed by atoms with Gasteiger partial charge in [-0.15, -0.1) is 0 Å². The number of carbonyl (C=O) groups excluding carboxylic acids is 1. The Bertz CT molecular complexity index is 816. The lowest BCUT2D eigenvalue weighted by Gasteiger charge is -2.16. The van der Waals surface area contributed by atoms with Crippen LogP contribution in [0.3, 0.4) is 0 Å². The fourth-order valence-corrected chi connectivity index (χ4v) is 3.38. The zero-order chi connectivity index (χ0) is 17.4. The van der Waals surface area contributed by atoms with Gasteiger partial charge in [0, 0.05) is 5.92 Å². The number of hydrogen-bond acceptors (Lipinski definition) is 6. The summed E-state index contributed by atoms with van der Waals surface area (Å²) in [5.74, 6) is 0.642. The van der Waals surface area contributed by atoms with Crippen molar-refractivity contribution in [3.63, 3.8) is 0 Å². The summed E-state index contributed by atoms with van der Waals surface area (Å²) in [6.45, 7) is 0.610. The summed E-state index contributed by atoms with van der Waals surface area (Å²) >= 11 is 0. The Balaban J connectivity index is 1.50. The Hall–Kier alpha value is -2.89. The fraction of sp³-hybridized carbons (Fsp3) is 0.316. The fourth-order valence-electron chi connectivity index (χ4n) is 3.38. The van der Waals surface area contributed by atoms with Crippen molar-refractivity contribution in [2.75, 3.05) is 13.4 Å². The molecule has 0 spiro atoms. The molecule has 0 aliphatic carbocycles. The van der Waals surface area contributed by atoms with Gasteiger partial charge in [0.15, 0.2) is 23.0 Å². The predicted octanol–water partition coefficient (Wildman–Crippen LogP) is 2.40. The summed E-state index contributed by atoms with van der Waals surface area (Å²) < 4.78 is 16.0. The smallest absolute Gasteiger partial charge is 0.309 e. The summed E-state index contributed by atoms with van der Waals surface area (Å²) in [4.78, 5) is 12.1. The molecule has 2 heterocycles. The summed E-state index contributed by atoms with van der Waals surface area (Å²) in [6.07, 6.45) is 1.15. The Morgan fingerprint density at radius 2 is 1.64 bits per heavy atom. The van der Waals surface area contributed by atoms with Gasteiger partial charge in [-0.25, -0.2) is 0 Å². The molecule has 2 aliphatic rings. The van der Waals surface area contributed by atoms with E-state index in [2.05, 4.69) is 0 Å². The SMILES string of the molecule is O=C1OC[C@H](Cc2ccc3c(c2)OCO3)[C@@H]1Cc1ccc(O)c(O)c1. The van der Waals surface area contributed by atoms with Gasteiger partial charge in [0.05, 0.1) is 12.5 Å². The third kappa shape index (κ3) is 3.07. The van der Waals surface area contributed by atoms with Crippen LogP contribution in [0.15, 0.2) is 36.4 Å². The average molecular weight is 342 g/mol. The van der Waals surface area contributed by atoms with Crippen molar-refractivity contribution < 1.29 is 29.2 Å². The molecule has 0 radical (unpaired) electrons. The molecule has 4 rings (SSSR count). The topological polar surface area (TPSA) is 85.2 Å². The van der Waals surface area contributed by atoms with Gasteiger partial charge in [0.2, 0.25) is 6.79 Å². The third-order valence-corrected chi connectivity index (χ3v) is 4.74. The van der Waals surface area contributed by atoms with Gasteiger partial charge in [0.25, 0.3) is 0 Å². The van der Waals surface area contributed by atoms with Crippen LogP contribution in [0.1, 0.15) is 11.1 Å². The standard InChI is InChI=1S/C19H18O6/c20-15-3-1-12(7-16(15)21)6-14-13(9-23-19(14)22)5-11-2-4-17-18(8-11)25-10-24-17/h1-4,7-8,13-14,20-21H,5-6,9-10H2/t13-,14-/m0/s1. The first-order chi connectivity index (χ1) is 12.1. The molecule has 0 aromatic heterocycles. The molecular formula is C19H18O6. The minimum Gasteiger partial charge on any atom is -0.504 e. The molecule has 130 valence electrons. The maximum Gasteiger partial charge on any atom is 0.309 e. The number of ether oxygens (including phenoxy) is 3. The Morgan fingerprint density at radius 3 is 2.48 bits per heavy atom. The number of esters is 1. The van der Waals surface area contributed by atoms with E-state index in [1.165, 1.54) is 12.1 Å². The van der Waals surface area contributed by atoms with Crippen LogP contribution in [0.25, 0.3) is 0 Å². The van der Waals surface area contributed by atoms with Gasteiger partial charge in [-0.05, 0) is 48.2 Å². The normalized spacial score (nSPS) is 21.4. The largest absolute Gasteiger partial charge is 0.504 e. The minimum absolute atomic E-state index is 0.0452. The summed E-state index contributed by atoms with van der Waals surface area (Å²) in [6, 6.07) is 10.4. The summed E-state index contributed by atoms with van der Waals surface area (Å²) in [7, 11) is 0. The van der Waals surface area contributed by atoms with Gasteiger partial charge in [0.1, 0.15) is 0 Å². The average Bonchev–Trinajstić information content (AvgIpc) is 3.19. The number of phenols is 2. The van der Waals surface area contributed by atoms with Crippen molar-refractivity contribution in [1.29, 1.82) is 0 Å². The van der Waals surface area contributed by atoms with Crippen LogP contribution < -0.4 is 9.47 Å². The van der Waals surface area contributed by atoms with Crippen LogP contribution in [0.2, 0.25) is 0 Å². The molecule has 0 amide bonds. The number of carbonyl (C=O) groups is 1. The van der Waals surface area contributed by atoms with E-state index < -0.39 is 0 Å². The van der Waals surface area contributed by atoms with Gasteiger partial charge in [-0.3, -0.25) is 4.79 Å². The van der Waals surface area contributed by atoms with Crippen LogP contribution in [-0.2, 0) is 22.4 Å². The van der Waals surface area contributed by atoms with Crippen LogP contribution in [0.4, 0.5) is 0 Å². The number of aromatic hydroxyl groups is 2. The number of fused-ring (bicyclic) bond motifs is 1. The molecule has 25 heavy (non-hydrogen) atoms. The molecule has 1 saturated heterocycles. The van der Waals surface area contributed by atoms with E-state index in [1.54, 1.807) is 6.07 Å².